The summed E-state index contributed by atoms with van der Waals surface area (Å²) in [4.78, 5) is 54.0. The van der Waals surface area contributed by atoms with Crippen molar-refractivity contribution in [1.82, 2.24) is 4.57 Å². The molecule has 230 valence electrons. The maximum absolute atomic E-state index is 13.5. The Hall–Kier alpha value is -4.53. The molecule has 0 unspecified atom stereocenters. The molecule has 5 rings (SSSR count). The highest BCUT2D eigenvalue weighted by atomic mass is 35.5. The summed E-state index contributed by atoms with van der Waals surface area (Å²) < 4.78 is 2.17. The number of aromatic nitrogens is 1. The van der Waals surface area contributed by atoms with E-state index in [1.807, 2.05) is 74.5 Å². The molecular weight excluding hydrogens is 608 g/mol. The molecule has 0 N–H and O–H groups in total. The van der Waals surface area contributed by atoms with Crippen molar-refractivity contribution in [3.05, 3.63) is 106 Å². The molecule has 1 aromatic heterocycles. The summed E-state index contributed by atoms with van der Waals surface area (Å²) in [6, 6.07) is 24.3. The van der Waals surface area contributed by atoms with E-state index in [1.165, 1.54) is 18.7 Å². The topological polar surface area (TPSA) is 94.8 Å². The van der Waals surface area contributed by atoms with Gasteiger partial charge in [-0.15, -0.1) is 0 Å². The molecule has 0 spiro atoms. The lowest BCUT2D eigenvalue weighted by Gasteiger charge is -2.11. The largest absolute Gasteiger partial charge is 0.341 e. The lowest BCUT2D eigenvalue weighted by Crippen LogP contribution is -2.05. The van der Waals surface area contributed by atoms with Crippen LogP contribution in [-0.2, 0) is 21.0 Å². The van der Waals surface area contributed by atoms with Crippen LogP contribution in [0.2, 0.25) is 5.02 Å². The maximum atomic E-state index is 13.5. The number of carbonyl (C=O) groups excluding carboxylic acids is 4. The van der Waals surface area contributed by atoms with Gasteiger partial charge in [-0.3, -0.25) is 9.59 Å². The molecule has 7 nitrogen and oxygen atoms in total. The molecule has 0 radical (unpaired) electrons. The summed E-state index contributed by atoms with van der Waals surface area (Å²) in [6.07, 6.45) is 1.67. The smallest absolute Gasteiger partial charge is 0.331 e. The van der Waals surface area contributed by atoms with Crippen LogP contribution in [0.25, 0.3) is 21.8 Å². The van der Waals surface area contributed by atoms with E-state index >= 15 is 0 Å². The molecule has 45 heavy (non-hydrogen) atoms. The second kappa shape index (κ2) is 15.0. The van der Waals surface area contributed by atoms with Gasteiger partial charge in [0.25, 0.3) is 0 Å². The number of rotatable bonds is 9. The molecule has 0 saturated heterocycles. The highest BCUT2D eigenvalue weighted by Crippen LogP contribution is 2.42. The molecule has 0 amide bonds. The quantitative estimate of drug-likeness (QED) is 0.0691. The van der Waals surface area contributed by atoms with Crippen LogP contribution in [0, 0.1) is 6.92 Å². The predicted octanol–water partition coefficient (Wildman–Crippen LogP) is 8.88. The van der Waals surface area contributed by atoms with E-state index in [2.05, 4.69) is 21.5 Å². The number of hydrogen-bond donors (Lipinski definition) is 0. The minimum atomic E-state index is -0.618. The fourth-order valence-electron chi connectivity index (χ4n) is 4.76. The Labute approximate surface area is 271 Å². The van der Waals surface area contributed by atoms with Gasteiger partial charge in [-0.05, 0) is 80.9 Å². The molecule has 0 saturated carbocycles. The second-order valence-corrected chi connectivity index (χ2v) is 11.8. The monoisotopic (exact) mass is 640 g/mol. The molecular formula is C36H33ClN2O5S. The number of oxime groups is 1. The fraction of sp³-hybridized carbons (Fsp3) is 0.194. The van der Waals surface area contributed by atoms with Crippen LogP contribution in [0.1, 0.15) is 66.0 Å². The first kappa shape index (κ1) is 33.4. The predicted molar refractivity (Wildman–Crippen MR) is 181 cm³/mol. The van der Waals surface area contributed by atoms with Gasteiger partial charge in [0.15, 0.2) is 5.78 Å². The van der Waals surface area contributed by atoms with Crippen LogP contribution in [0.3, 0.4) is 0 Å². The fourth-order valence-corrected chi connectivity index (χ4v) is 5.99. The van der Waals surface area contributed by atoms with Gasteiger partial charge in [-0.1, -0.05) is 59.7 Å². The maximum Gasteiger partial charge on any atom is 0.331 e. The van der Waals surface area contributed by atoms with E-state index in [4.69, 9.17) is 11.6 Å². The Morgan fingerprint density at radius 3 is 2.18 bits per heavy atom. The molecule has 1 heterocycles. The number of benzene rings is 4. The minimum absolute atomic E-state index is 0.0648. The summed E-state index contributed by atoms with van der Waals surface area (Å²) in [6.45, 7) is 9.32. The summed E-state index contributed by atoms with van der Waals surface area (Å²) in [5.74, 6) is -0.841. The third kappa shape index (κ3) is 7.77. The minimum Gasteiger partial charge on any atom is -0.341 e. The van der Waals surface area contributed by atoms with Gasteiger partial charge in [0.05, 0.1) is 5.52 Å². The first-order valence-corrected chi connectivity index (χ1v) is 15.6. The Balaban J connectivity index is 0.000000854. The zero-order valence-electron chi connectivity index (χ0n) is 25.7. The molecule has 0 aliphatic carbocycles. The third-order valence-electron chi connectivity index (χ3n) is 7.10. The standard InChI is InChI=1S/C32H25ClN2O4S.C4H8O/c1-4-35-27-15-9-21(31(38)24-8-6-5-7-19(24)2)17-26(27)30-28(35)16-14-25(29(37)18-34-39-20(3)36)32(30)40-23-12-10-22(33)11-13-23;1-3-4(2)5/h5-18H,4H2,1-3H3;3H2,1-2H3. The van der Waals surface area contributed by atoms with Crippen molar-refractivity contribution in [3.63, 3.8) is 0 Å². The number of nitrogens with zero attached hydrogens (tertiary/aromatic N) is 2. The van der Waals surface area contributed by atoms with Gasteiger partial charge in [0, 0.05) is 67.7 Å². The molecule has 0 bridgehead atoms. The van der Waals surface area contributed by atoms with Crippen LogP contribution in [-0.4, -0.2) is 34.1 Å². The number of fused-ring (bicyclic) bond motifs is 3. The van der Waals surface area contributed by atoms with Crippen LogP contribution in [0.5, 0.6) is 0 Å². The van der Waals surface area contributed by atoms with E-state index in [-0.39, 0.29) is 11.6 Å². The van der Waals surface area contributed by atoms with Crippen molar-refractivity contribution in [1.29, 1.82) is 0 Å². The van der Waals surface area contributed by atoms with E-state index in [1.54, 1.807) is 25.1 Å². The number of Topliss-reactive ketones (excluding diaryl/α,β-unsaturated/α-hetero) is 2. The zero-order chi connectivity index (χ0) is 32.7. The van der Waals surface area contributed by atoms with Crippen molar-refractivity contribution in [2.75, 3.05) is 0 Å². The van der Waals surface area contributed by atoms with E-state index in [0.717, 1.165) is 38.5 Å². The van der Waals surface area contributed by atoms with Crippen molar-refractivity contribution in [2.45, 2.75) is 57.4 Å². The van der Waals surface area contributed by atoms with Crippen LogP contribution < -0.4 is 0 Å². The Morgan fingerprint density at radius 2 is 1.56 bits per heavy atom. The second-order valence-electron chi connectivity index (χ2n) is 10.2. The van der Waals surface area contributed by atoms with Crippen molar-refractivity contribution in [3.8, 4) is 0 Å². The van der Waals surface area contributed by atoms with Crippen LogP contribution in [0.15, 0.2) is 93.8 Å². The first-order chi connectivity index (χ1) is 21.5. The number of ketones is 3. The number of halogens is 1. The van der Waals surface area contributed by atoms with Gasteiger partial charge >= 0.3 is 5.97 Å². The van der Waals surface area contributed by atoms with Crippen molar-refractivity contribution >= 4 is 74.7 Å². The molecule has 0 fully saturated rings. The molecule has 0 aliphatic rings. The number of aryl methyl sites for hydroxylation is 2. The van der Waals surface area contributed by atoms with Crippen molar-refractivity contribution in [2.24, 2.45) is 5.16 Å². The Morgan fingerprint density at radius 1 is 0.889 bits per heavy atom. The first-order valence-electron chi connectivity index (χ1n) is 14.4. The highest BCUT2D eigenvalue weighted by molar-refractivity contribution is 7.99. The van der Waals surface area contributed by atoms with Gasteiger partial charge in [0.1, 0.15) is 12.0 Å². The van der Waals surface area contributed by atoms with Gasteiger partial charge in [0.2, 0.25) is 5.78 Å². The SMILES string of the molecule is CCC(C)=O.CCn1c2ccc(C(=O)c3ccccc3C)cc2c2c(Sc3ccc(Cl)cc3)c(C(=O)C=NOC(C)=O)ccc21. The van der Waals surface area contributed by atoms with Gasteiger partial charge in [-0.2, -0.15) is 0 Å². The van der Waals surface area contributed by atoms with Crippen molar-refractivity contribution < 1.29 is 24.0 Å². The summed E-state index contributed by atoms with van der Waals surface area (Å²) in [5, 5.41) is 5.87. The van der Waals surface area contributed by atoms with E-state index in [0.29, 0.717) is 39.6 Å². The molecule has 4 aromatic carbocycles. The Kier molecular flexibility index (Phi) is 11.1. The molecule has 9 heteroatoms. The normalized spacial score (nSPS) is 11.0. The Bertz CT molecular complexity index is 1940. The van der Waals surface area contributed by atoms with Gasteiger partial charge < -0.3 is 14.2 Å². The summed E-state index contributed by atoms with van der Waals surface area (Å²) in [5.41, 5.74) is 4.40. The zero-order valence-corrected chi connectivity index (χ0v) is 27.3. The average Bonchev–Trinajstić information content (AvgIpc) is 3.35. The van der Waals surface area contributed by atoms with Gasteiger partial charge in [-0.25, -0.2) is 4.79 Å². The summed E-state index contributed by atoms with van der Waals surface area (Å²) >= 11 is 7.55. The highest BCUT2D eigenvalue weighted by Gasteiger charge is 2.22. The van der Waals surface area contributed by atoms with E-state index < -0.39 is 11.8 Å². The molecule has 0 aliphatic heterocycles. The lowest BCUT2D eigenvalue weighted by molar-refractivity contribution is -0.140. The summed E-state index contributed by atoms with van der Waals surface area (Å²) in [7, 11) is 0. The van der Waals surface area contributed by atoms with Crippen LogP contribution in [0.4, 0.5) is 0 Å². The molecule has 0 atom stereocenters. The number of hydrogen-bond acceptors (Lipinski definition) is 7. The lowest BCUT2D eigenvalue weighted by atomic mass is 9.97. The van der Waals surface area contributed by atoms with E-state index in [9.17, 15) is 19.2 Å². The third-order valence-corrected chi connectivity index (χ3v) is 8.49. The molecule has 5 aromatic rings. The number of carbonyl (C=O) groups is 4. The average molecular weight is 641 g/mol. The van der Waals surface area contributed by atoms with Crippen LogP contribution >= 0.6 is 23.4 Å².